The van der Waals surface area contributed by atoms with Gasteiger partial charge in [-0.2, -0.15) is 0 Å². The fourth-order valence-electron chi connectivity index (χ4n) is 5.27. The molecule has 0 radical (unpaired) electrons. The Hall–Kier alpha value is -1.02. The Morgan fingerprint density at radius 1 is 1.11 bits per heavy atom. The topological polar surface area (TPSA) is 21.3 Å². The van der Waals surface area contributed by atoms with Crippen molar-refractivity contribution in [3.8, 4) is 5.75 Å². The van der Waals surface area contributed by atoms with Crippen LogP contribution in [0.4, 0.5) is 0 Å². The highest BCUT2D eigenvalue weighted by Crippen LogP contribution is 2.65. The van der Waals surface area contributed by atoms with Crippen molar-refractivity contribution in [3.05, 3.63) is 29.8 Å². The summed E-state index contributed by atoms with van der Waals surface area (Å²) in [5.74, 6) is 5.88. The van der Waals surface area contributed by atoms with Gasteiger partial charge < -0.3 is 10.1 Å². The summed E-state index contributed by atoms with van der Waals surface area (Å²) >= 11 is 0. The molecule has 1 aliphatic heterocycles. The highest BCUT2D eigenvalue weighted by molar-refractivity contribution is 5.39. The first-order valence-corrected chi connectivity index (χ1v) is 7.87. The van der Waals surface area contributed by atoms with E-state index in [1.54, 1.807) is 6.42 Å². The van der Waals surface area contributed by atoms with Gasteiger partial charge in [-0.25, -0.2) is 0 Å². The third-order valence-corrected chi connectivity index (χ3v) is 6.13. The van der Waals surface area contributed by atoms with Gasteiger partial charge in [0.25, 0.3) is 0 Å². The second-order valence-electron chi connectivity index (χ2n) is 6.97. The molecule has 0 saturated heterocycles. The van der Waals surface area contributed by atoms with Crippen LogP contribution in [0.5, 0.6) is 5.75 Å². The molecule has 19 heavy (non-hydrogen) atoms. The normalized spacial score (nSPS) is 44.8. The third-order valence-electron chi connectivity index (χ3n) is 6.13. The van der Waals surface area contributed by atoms with Crippen molar-refractivity contribution in [1.82, 2.24) is 5.32 Å². The number of ether oxygens (including phenoxy) is 1. The Morgan fingerprint density at radius 3 is 2.74 bits per heavy atom. The molecule has 2 heteroatoms. The molecule has 0 amide bonds. The Bertz CT molecular complexity index is 498. The Labute approximate surface area is 114 Å². The van der Waals surface area contributed by atoms with Gasteiger partial charge in [-0.3, -0.25) is 0 Å². The molecule has 1 heterocycles. The Balaban J connectivity index is 1.25. The van der Waals surface area contributed by atoms with E-state index in [0.29, 0.717) is 5.92 Å². The maximum absolute atomic E-state index is 5.77. The largest absolute Gasteiger partial charge is 0.493 e. The predicted molar refractivity (Wildman–Crippen MR) is 74.3 cm³/mol. The summed E-state index contributed by atoms with van der Waals surface area (Å²) in [6, 6.07) is 9.37. The highest BCUT2D eigenvalue weighted by atomic mass is 16.5. The number of hydrogen-bond donors (Lipinski definition) is 1. The first-order valence-electron chi connectivity index (χ1n) is 7.87. The number of benzene rings is 1. The van der Waals surface area contributed by atoms with Gasteiger partial charge in [-0.15, -0.1) is 0 Å². The molecule has 5 atom stereocenters. The number of fused-ring (bicyclic) bond motifs is 6. The fraction of sp³-hybridized carbons (Fsp3) is 0.647. The summed E-state index contributed by atoms with van der Waals surface area (Å²) in [6.07, 6.45) is 4.57. The van der Waals surface area contributed by atoms with Crippen LogP contribution in [0.3, 0.4) is 0 Å². The SMILES string of the molecule is c1ccc2c(c1)OCC2CNC1C2C3CCC(C3)C12. The molecular formula is C17H21NO. The molecule has 1 N–H and O–H groups in total. The third kappa shape index (κ3) is 1.47. The van der Waals surface area contributed by atoms with E-state index in [9.17, 15) is 0 Å². The van der Waals surface area contributed by atoms with E-state index >= 15 is 0 Å². The van der Waals surface area contributed by atoms with Gasteiger partial charge >= 0.3 is 0 Å². The quantitative estimate of drug-likeness (QED) is 0.896. The van der Waals surface area contributed by atoms with Crippen LogP contribution < -0.4 is 10.1 Å². The maximum Gasteiger partial charge on any atom is 0.122 e. The predicted octanol–water partition coefficient (Wildman–Crippen LogP) is 2.80. The molecule has 3 fully saturated rings. The van der Waals surface area contributed by atoms with Gasteiger partial charge in [-0.1, -0.05) is 18.2 Å². The summed E-state index contributed by atoms with van der Waals surface area (Å²) in [5, 5.41) is 3.86. The lowest BCUT2D eigenvalue weighted by molar-refractivity contribution is 0.323. The van der Waals surface area contributed by atoms with E-state index in [1.165, 1.54) is 18.4 Å². The highest BCUT2D eigenvalue weighted by Gasteiger charge is 2.64. The molecule has 4 aliphatic rings. The lowest BCUT2D eigenvalue weighted by atomic mass is 10.0. The minimum Gasteiger partial charge on any atom is -0.493 e. The molecule has 2 nitrogen and oxygen atoms in total. The number of rotatable bonds is 3. The Morgan fingerprint density at radius 2 is 1.89 bits per heavy atom. The molecule has 3 saturated carbocycles. The van der Waals surface area contributed by atoms with Gasteiger partial charge in [0.1, 0.15) is 5.75 Å². The average Bonchev–Trinajstić information content (AvgIpc) is 2.85. The standard InChI is InChI=1S/C17H21NO/c1-2-4-14-13(3-1)12(9-19-14)8-18-17-15-10-5-6-11(7-10)16(15)17/h1-4,10-12,15-18H,5-9H2. The molecular weight excluding hydrogens is 234 g/mol. The molecule has 1 aromatic rings. The van der Waals surface area contributed by atoms with Gasteiger partial charge in [-0.05, 0) is 49.0 Å². The van der Waals surface area contributed by atoms with Gasteiger partial charge in [0, 0.05) is 24.1 Å². The number of hydrogen-bond acceptors (Lipinski definition) is 2. The van der Waals surface area contributed by atoms with Crippen LogP contribution in [0, 0.1) is 23.7 Å². The van der Waals surface area contributed by atoms with Crippen molar-refractivity contribution in [2.75, 3.05) is 13.2 Å². The summed E-state index contributed by atoms with van der Waals surface area (Å²) in [4.78, 5) is 0. The molecule has 5 unspecified atom stereocenters. The average molecular weight is 255 g/mol. The van der Waals surface area contributed by atoms with Crippen LogP contribution in [-0.2, 0) is 0 Å². The van der Waals surface area contributed by atoms with Gasteiger partial charge in [0.2, 0.25) is 0 Å². The van der Waals surface area contributed by atoms with Gasteiger partial charge in [0.05, 0.1) is 6.61 Å². The van der Waals surface area contributed by atoms with Crippen LogP contribution in [0.1, 0.15) is 30.7 Å². The van der Waals surface area contributed by atoms with Crippen LogP contribution >= 0.6 is 0 Å². The molecule has 2 bridgehead atoms. The van der Waals surface area contributed by atoms with E-state index in [-0.39, 0.29) is 0 Å². The summed E-state index contributed by atoms with van der Waals surface area (Å²) < 4.78 is 5.77. The number of para-hydroxylation sites is 1. The van der Waals surface area contributed by atoms with Crippen LogP contribution in [0.25, 0.3) is 0 Å². The zero-order valence-corrected chi connectivity index (χ0v) is 11.2. The minimum absolute atomic E-state index is 0.565. The van der Waals surface area contributed by atoms with E-state index in [0.717, 1.165) is 48.6 Å². The molecule has 0 aromatic heterocycles. The van der Waals surface area contributed by atoms with Crippen molar-refractivity contribution in [2.24, 2.45) is 23.7 Å². The summed E-state index contributed by atoms with van der Waals surface area (Å²) in [6.45, 7) is 1.97. The first kappa shape index (κ1) is 10.7. The summed E-state index contributed by atoms with van der Waals surface area (Å²) in [5.41, 5.74) is 1.41. The fourth-order valence-corrected chi connectivity index (χ4v) is 5.27. The van der Waals surface area contributed by atoms with Gasteiger partial charge in [0.15, 0.2) is 0 Å². The van der Waals surface area contributed by atoms with Crippen LogP contribution in [0.15, 0.2) is 24.3 Å². The number of nitrogens with one attached hydrogen (secondary N) is 1. The Kier molecular flexibility index (Phi) is 2.12. The van der Waals surface area contributed by atoms with Crippen LogP contribution in [0.2, 0.25) is 0 Å². The first-order chi connectivity index (χ1) is 9.42. The molecule has 0 spiro atoms. The summed E-state index contributed by atoms with van der Waals surface area (Å²) in [7, 11) is 0. The second-order valence-corrected chi connectivity index (χ2v) is 6.97. The molecule has 100 valence electrons. The van der Waals surface area contributed by atoms with Crippen molar-refractivity contribution >= 4 is 0 Å². The van der Waals surface area contributed by atoms with E-state index in [4.69, 9.17) is 4.74 Å². The zero-order chi connectivity index (χ0) is 12.4. The maximum atomic E-state index is 5.77. The smallest absolute Gasteiger partial charge is 0.122 e. The lowest BCUT2D eigenvalue weighted by Gasteiger charge is -2.13. The second kappa shape index (κ2) is 3.76. The van der Waals surface area contributed by atoms with E-state index in [1.807, 2.05) is 0 Å². The van der Waals surface area contributed by atoms with Crippen molar-refractivity contribution in [2.45, 2.75) is 31.2 Å². The van der Waals surface area contributed by atoms with Crippen molar-refractivity contribution < 1.29 is 4.74 Å². The van der Waals surface area contributed by atoms with Crippen molar-refractivity contribution in [3.63, 3.8) is 0 Å². The molecule has 1 aromatic carbocycles. The van der Waals surface area contributed by atoms with Crippen molar-refractivity contribution in [1.29, 1.82) is 0 Å². The molecule has 5 rings (SSSR count). The van der Waals surface area contributed by atoms with E-state index in [2.05, 4.69) is 29.6 Å². The van der Waals surface area contributed by atoms with Crippen LogP contribution in [-0.4, -0.2) is 19.2 Å². The lowest BCUT2D eigenvalue weighted by Crippen LogP contribution is -2.28. The van der Waals surface area contributed by atoms with E-state index < -0.39 is 0 Å². The minimum atomic E-state index is 0.565. The monoisotopic (exact) mass is 255 g/mol. The molecule has 3 aliphatic carbocycles. The zero-order valence-electron chi connectivity index (χ0n) is 11.2.